The highest BCUT2D eigenvalue weighted by Gasteiger charge is 2.22. The fraction of sp³-hybridized carbons (Fsp3) is 0.556. The summed E-state index contributed by atoms with van der Waals surface area (Å²) in [7, 11) is 0. The predicted molar refractivity (Wildman–Crippen MR) is 89.7 cm³/mol. The summed E-state index contributed by atoms with van der Waals surface area (Å²) in [6, 6.07) is 8.39. The van der Waals surface area contributed by atoms with Crippen molar-refractivity contribution in [3.8, 4) is 0 Å². The van der Waals surface area contributed by atoms with Crippen LogP contribution >= 0.6 is 0 Å². The monoisotopic (exact) mass is 299 g/mol. The molecule has 1 fully saturated rings. The van der Waals surface area contributed by atoms with E-state index in [1.54, 1.807) is 0 Å². The molecule has 0 bridgehead atoms. The molecule has 1 aromatic rings. The van der Waals surface area contributed by atoms with Gasteiger partial charge in [-0.1, -0.05) is 32.0 Å². The Morgan fingerprint density at radius 1 is 1.18 bits per heavy atom. The lowest BCUT2D eigenvalue weighted by molar-refractivity contribution is -0.134. The van der Waals surface area contributed by atoms with Crippen molar-refractivity contribution in [1.82, 2.24) is 9.80 Å². The molecule has 2 aliphatic rings. The normalized spacial score (nSPS) is 19.0. The van der Waals surface area contributed by atoms with Crippen LogP contribution in [0.2, 0.25) is 0 Å². The number of rotatable bonds is 3. The zero-order chi connectivity index (χ0) is 15.5. The van der Waals surface area contributed by atoms with Crippen LogP contribution < -0.4 is 0 Å². The van der Waals surface area contributed by atoms with Crippen LogP contribution in [-0.4, -0.2) is 54.1 Å². The first kappa shape index (κ1) is 15.2. The van der Waals surface area contributed by atoms with E-state index in [2.05, 4.69) is 23.1 Å². The van der Waals surface area contributed by atoms with Gasteiger partial charge in [0, 0.05) is 50.8 Å². The van der Waals surface area contributed by atoms with Crippen LogP contribution in [0.25, 0.3) is 0 Å². The molecule has 0 aromatic heterocycles. The summed E-state index contributed by atoms with van der Waals surface area (Å²) >= 11 is 0. The number of aliphatic imine (C=N–C) groups is 1. The van der Waals surface area contributed by atoms with Crippen molar-refractivity contribution >= 4 is 17.3 Å². The number of amides is 1. The summed E-state index contributed by atoms with van der Waals surface area (Å²) in [5.41, 5.74) is 3.72. The molecule has 1 aromatic carbocycles. The maximum atomic E-state index is 12.1. The van der Waals surface area contributed by atoms with Crippen molar-refractivity contribution in [1.29, 1.82) is 0 Å². The smallest absolute Gasteiger partial charge is 0.225 e. The van der Waals surface area contributed by atoms with E-state index in [4.69, 9.17) is 4.99 Å². The topological polar surface area (TPSA) is 35.9 Å². The van der Waals surface area contributed by atoms with E-state index < -0.39 is 0 Å². The van der Waals surface area contributed by atoms with Gasteiger partial charge in [-0.15, -0.1) is 0 Å². The first-order valence-corrected chi connectivity index (χ1v) is 8.29. The van der Waals surface area contributed by atoms with Crippen molar-refractivity contribution in [2.75, 3.05) is 32.7 Å². The Hall–Kier alpha value is -1.68. The fourth-order valence-electron chi connectivity index (χ4n) is 3.26. The van der Waals surface area contributed by atoms with Crippen LogP contribution in [0.3, 0.4) is 0 Å². The van der Waals surface area contributed by atoms with E-state index in [-0.39, 0.29) is 11.8 Å². The Kier molecular flexibility index (Phi) is 4.57. The third-order valence-electron chi connectivity index (χ3n) is 4.46. The number of fused-ring (bicyclic) bond motifs is 1. The summed E-state index contributed by atoms with van der Waals surface area (Å²) in [6.07, 6.45) is 2.03. The molecule has 2 heterocycles. The molecule has 4 heteroatoms. The SMILES string of the molecule is CC(C)C(=O)N1CCCN(CC2=Nc3ccccc3C2)CC1. The fourth-order valence-corrected chi connectivity index (χ4v) is 3.26. The van der Waals surface area contributed by atoms with Crippen LogP contribution in [0.1, 0.15) is 25.8 Å². The van der Waals surface area contributed by atoms with Crippen molar-refractivity contribution in [2.24, 2.45) is 10.9 Å². The lowest BCUT2D eigenvalue weighted by Crippen LogP contribution is -2.38. The molecule has 2 aliphatic heterocycles. The van der Waals surface area contributed by atoms with Crippen molar-refractivity contribution < 1.29 is 4.79 Å². The van der Waals surface area contributed by atoms with Gasteiger partial charge in [-0.25, -0.2) is 0 Å². The van der Waals surface area contributed by atoms with Crippen LogP contribution in [0.5, 0.6) is 0 Å². The van der Waals surface area contributed by atoms with E-state index in [0.29, 0.717) is 0 Å². The minimum Gasteiger partial charge on any atom is -0.341 e. The van der Waals surface area contributed by atoms with Gasteiger partial charge in [0.15, 0.2) is 0 Å². The molecule has 118 valence electrons. The highest BCUT2D eigenvalue weighted by Crippen LogP contribution is 2.26. The number of hydrogen-bond donors (Lipinski definition) is 0. The van der Waals surface area contributed by atoms with Crippen LogP contribution in [0.4, 0.5) is 5.69 Å². The van der Waals surface area contributed by atoms with E-state index in [1.807, 2.05) is 24.8 Å². The second-order valence-electron chi connectivity index (χ2n) is 6.59. The second kappa shape index (κ2) is 6.61. The first-order chi connectivity index (χ1) is 10.6. The molecule has 0 aliphatic carbocycles. The average Bonchev–Trinajstić information content (AvgIpc) is 2.77. The maximum absolute atomic E-state index is 12.1. The highest BCUT2D eigenvalue weighted by molar-refractivity contribution is 5.95. The molecule has 0 unspecified atom stereocenters. The van der Waals surface area contributed by atoms with Gasteiger partial charge < -0.3 is 4.90 Å². The molecular formula is C18H25N3O. The molecule has 0 radical (unpaired) electrons. The molecular weight excluding hydrogens is 274 g/mol. The molecule has 0 spiro atoms. The average molecular weight is 299 g/mol. The Balaban J connectivity index is 1.56. The lowest BCUT2D eigenvalue weighted by atomic mass is 10.1. The molecule has 0 atom stereocenters. The summed E-state index contributed by atoms with van der Waals surface area (Å²) in [6.45, 7) is 8.63. The summed E-state index contributed by atoms with van der Waals surface area (Å²) in [5.74, 6) is 0.382. The number of benzene rings is 1. The van der Waals surface area contributed by atoms with Gasteiger partial charge in [0.05, 0.1) is 5.69 Å². The minimum absolute atomic E-state index is 0.0975. The largest absolute Gasteiger partial charge is 0.341 e. The van der Waals surface area contributed by atoms with Gasteiger partial charge in [0.25, 0.3) is 0 Å². The van der Waals surface area contributed by atoms with Gasteiger partial charge in [-0.3, -0.25) is 14.7 Å². The van der Waals surface area contributed by atoms with E-state index in [1.165, 1.54) is 11.3 Å². The van der Waals surface area contributed by atoms with Gasteiger partial charge in [-0.05, 0) is 18.1 Å². The molecule has 1 amide bonds. The molecule has 1 saturated heterocycles. The summed E-state index contributed by atoms with van der Waals surface area (Å²) in [5, 5.41) is 0. The number of carbonyl (C=O) groups is 1. The second-order valence-corrected chi connectivity index (χ2v) is 6.59. The van der Waals surface area contributed by atoms with Crippen LogP contribution in [0, 0.1) is 5.92 Å². The molecule has 0 N–H and O–H groups in total. The van der Waals surface area contributed by atoms with E-state index in [0.717, 1.165) is 51.3 Å². The van der Waals surface area contributed by atoms with Crippen molar-refractivity contribution in [3.05, 3.63) is 29.8 Å². The number of nitrogens with zero attached hydrogens (tertiary/aromatic N) is 3. The number of para-hydroxylation sites is 1. The Bertz CT molecular complexity index is 579. The lowest BCUT2D eigenvalue weighted by Gasteiger charge is -2.23. The molecule has 3 rings (SSSR count). The van der Waals surface area contributed by atoms with E-state index in [9.17, 15) is 4.79 Å². The van der Waals surface area contributed by atoms with Crippen LogP contribution in [-0.2, 0) is 11.2 Å². The van der Waals surface area contributed by atoms with Crippen LogP contribution in [0.15, 0.2) is 29.3 Å². The summed E-state index contributed by atoms with van der Waals surface area (Å²) < 4.78 is 0. The van der Waals surface area contributed by atoms with Gasteiger partial charge in [0.2, 0.25) is 5.91 Å². The van der Waals surface area contributed by atoms with Crippen molar-refractivity contribution in [2.45, 2.75) is 26.7 Å². The van der Waals surface area contributed by atoms with Gasteiger partial charge in [-0.2, -0.15) is 0 Å². The van der Waals surface area contributed by atoms with Crippen molar-refractivity contribution in [3.63, 3.8) is 0 Å². The Labute approximate surface area is 132 Å². The van der Waals surface area contributed by atoms with E-state index >= 15 is 0 Å². The molecule has 0 saturated carbocycles. The maximum Gasteiger partial charge on any atom is 0.225 e. The number of carbonyl (C=O) groups excluding carboxylic acids is 1. The Morgan fingerprint density at radius 2 is 2.00 bits per heavy atom. The third kappa shape index (κ3) is 3.38. The summed E-state index contributed by atoms with van der Waals surface area (Å²) in [4.78, 5) is 21.4. The standard InChI is InChI=1S/C18H25N3O/c1-14(2)18(22)21-9-5-8-20(10-11-21)13-16-12-15-6-3-4-7-17(15)19-16/h3-4,6-7,14H,5,8-13H2,1-2H3. The zero-order valence-electron chi connectivity index (χ0n) is 13.6. The molecule has 4 nitrogen and oxygen atoms in total. The molecule has 22 heavy (non-hydrogen) atoms. The third-order valence-corrected chi connectivity index (χ3v) is 4.46. The number of hydrogen-bond acceptors (Lipinski definition) is 3. The van der Waals surface area contributed by atoms with Gasteiger partial charge in [0.1, 0.15) is 0 Å². The predicted octanol–water partition coefficient (Wildman–Crippen LogP) is 2.51. The quantitative estimate of drug-likeness (QED) is 0.860. The first-order valence-electron chi connectivity index (χ1n) is 8.29. The Morgan fingerprint density at radius 3 is 2.77 bits per heavy atom. The zero-order valence-corrected chi connectivity index (χ0v) is 13.6. The highest BCUT2D eigenvalue weighted by atomic mass is 16.2. The van der Waals surface area contributed by atoms with Gasteiger partial charge >= 0.3 is 0 Å². The minimum atomic E-state index is 0.0975.